The Morgan fingerprint density at radius 3 is 2.53 bits per heavy atom. The molecule has 0 N–H and O–H groups in total. The molecule has 2 aromatic rings. The quantitative estimate of drug-likeness (QED) is 0.606. The van der Waals surface area contributed by atoms with Crippen molar-refractivity contribution in [3.8, 4) is 11.6 Å². The lowest BCUT2D eigenvalue weighted by atomic mass is 10.2. The van der Waals surface area contributed by atoms with Crippen LogP contribution in [-0.2, 0) is 16.2 Å². The Morgan fingerprint density at radius 2 is 1.88 bits per heavy atom. The first-order valence-electron chi connectivity index (χ1n) is 11.1. The van der Waals surface area contributed by atoms with Gasteiger partial charge in [-0.2, -0.15) is 17.5 Å². The number of hydrogen-bond donors (Lipinski definition) is 0. The van der Waals surface area contributed by atoms with E-state index in [0.717, 1.165) is 37.8 Å². The van der Waals surface area contributed by atoms with Crippen molar-refractivity contribution in [1.82, 2.24) is 19.2 Å². The fourth-order valence-electron chi connectivity index (χ4n) is 4.64. The minimum atomic E-state index is -4.73. The molecule has 0 spiro atoms. The fraction of sp³-hybridized carbons (Fsp3) is 0.545. The van der Waals surface area contributed by atoms with Gasteiger partial charge in [-0.05, 0) is 31.0 Å². The molecule has 0 radical (unpaired) electrons. The molecule has 12 heteroatoms. The van der Waals surface area contributed by atoms with Crippen molar-refractivity contribution in [2.24, 2.45) is 0 Å². The van der Waals surface area contributed by atoms with E-state index in [1.165, 1.54) is 4.31 Å². The van der Waals surface area contributed by atoms with Crippen molar-refractivity contribution in [3.63, 3.8) is 0 Å². The summed E-state index contributed by atoms with van der Waals surface area (Å²) >= 11 is 0. The molecule has 1 aromatic heterocycles. The predicted octanol–water partition coefficient (Wildman–Crippen LogP) is 2.91. The third kappa shape index (κ3) is 4.58. The standard InChI is InChI=1S/C22H25F3N4O4S/c1-32-20-5-4-17(9-18(20)22(23,24)25)34(30,31)29-7-6-28-13-16(8-15(28)12-29)33-21-11-26-19(10-27-21)14-2-3-14/h4-5,9-11,14-16H,2-3,6-8,12-13H2,1H3/t15-,16+/m0/s1. The number of aromatic nitrogens is 2. The van der Waals surface area contributed by atoms with E-state index in [9.17, 15) is 21.6 Å². The zero-order chi connectivity index (χ0) is 24.1. The summed E-state index contributed by atoms with van der Waals surface area (Å²) in [5, 5.41) is 0. The van der Waals surface area contributed by atoms with Crippen LogP contribution in [0.25, 0.3) is 0 Å². The Bertz CT molecular complexity index is 1160. The predicted molar refractivity (Wildman–Crippen MR) is 115 cm³/mol. The minimum absolute atomic E-state index is 0.0902. The summed E-state index contributed by atoms with van der Waals surface area (Å²) < 4.78 is 78.5. The SMILES string of the molecule is COc1ccc(S(=O)(=O)N2CCN3C[C@H](Oc4cnc(C5CC5)cn4)C[C@H]3C2)cc1C(F)(F)F. The van der Waals surface area contributed by atoms with E-state index < -0.39 is 32.4 Å². The first kappa shape index (κ1) is 23.3. The molecule has 0 bridgehead atoms. The van der Waals surface area contributed by atoms with Crippen LogP contribution in [0.2, 0.25) is 0 Å². The molecule has 1 aromatic carbocycles. The van der Waals surface area contributed by atoms with Gasteiger partial charge in [0.1, 0.15) is 11.9 Å². The Labute approximate surface area is 195 Å². The maximum Gasteiger partial charge on any atom is 0.420 e. The Hall–Kier alpha value is -2.44. The molecule has 3 fully saturated rings. The third-order valence-electron chi connectivity index (χ3n) is 6.59. The lowest BCUT2D eigenvalue weighted by Gasteiger charge is -2.36. The molecule has 2 aliphatic heterocycles. The zero-order valence-electron chi connectivity index (χ0n) is 18.5. The van der Waals surface area contributed by atoms with Crippen molar-refractivity contribution in [1.29, 1.82) is 0 Å². The summed E-state index contributed by atoms with van der Waals surface area (Å²) in [6, 6.07) is 2.75. The number of rotatable bonds is 6. The molecular weight excluding hydrogens is 473 g/mol. The Kier molecular flexibility index (Phi) is 5.93. The van der Waals surface area contributed by atoms with E-state index in [0.29, 0.717) is 37.4 Å². The number of halogens is 3. The van der Waals surface area contributed by atoms with Crippen molar-refractivity contribution in [2.75, 3.05) is 33.3 Å². The van der Waals surface area contributed by atoms with E-state index in [1.807, 2.05) is 0 Å². The van der Waals surface area contributed by atoms with Crippen LogP contribution in [0.3, 0.4) is 0 Å². The van der Waals surface area contributed by atoms with Gasteiger partial charge in [0.15, 0.2) is 0 Å². The van der Waals surface area contributed by atoms with E-state index in [2.05, 4.69) is 14.9 Å². The molecule has 1 saturated carbocycles. The first-order valence-corrected chi connectivity index (χ1v) is 12.6. The lowest BCUT2D eigenvalue weighted by Crippen LogP contribution is -2.51. The minimum Gasteiger partial charge on any atom is -0.496 e. The van der Waals surface area contributed by atoms with Gasteiger partial charge in [-0.25, -0.2) is 13.4 Å². The van der Waals surface area contributed by atoms with Gasteiger partial charge in [0.2, 0.25) is 15.9 Å². The number of piperazine rings is 1. The number of alkyl halides is 3. The largest absolute Gasteiger partial charge is 0.496 e. The Balaban J connectivity index is 1.26. The van der Waals surface area contributed by atoms with Gasteiger partial charge in [-0.3, -0.25) is 9.88 Å². The van der Waals surface area contributed by atoms with E-state index in [4.69, 9.17) is 9.47 Å². The van der Waals surface area contributed by atoms with Gasteiger partial charge in [-0.1, -0.05) is 0 Å². The maximum absolute atomic E-state index is 13.4. The summed E-state index contributed by atoms with van der Waals surface area (Å²) in [5.41, 5.74) is -0.137. The van der Waals surface area contributed by atoms with Crippen molar-refractivity contribution < 1.29 is 31.1 Å². The number of ether oxygens (including phenoxy) is 2. The lowest BCUT2D eigenvalue weighted by molar-refractivity contribution is -0.138. The molecule has 8 nitrogen and oxygen atoms in total. The number of hydrogen-bond acceptors (Lipinski definition) is 7. The van der Waals surface area contributed by atoms with Crippen molar-refractivity contribution in [3.05, 3.63) is 41.9 Å². The molecular formula is C22H25F3N4O4S. The van der Waals surface area contributed by atoms with Crippen LogP contribution < -0.4 is 9.47 Å². The molecule has 3 heterocycles. The van der Waals surface area contributed by atoms with Crippen LogP contribution in [0.5, 0.6) is 11.6 Å². The summed E-state index contributed by atoms with van der Waals surface area (Å²) in [7, 11) is -2.99. The molecule has 0 amide bonds. The highest BCUT2D eigenvalue weighted by Gasteiger charge is 2.42. The zero-order valence-corrected chi connectivity index (χ0v) is 19.3. The second-order valence-corrected chi connectivity index (χ2v) is 10.8. The smallest absolute Gasteiger partial charge is 0.420 e. The fourth-order valence-corrected chi connectivity index (χ4v) is 6.13. The molecule has 3 aliphatic rings. The summed E-state index contributed by atoms with van der Waals surface area (Å²) in [6.07, 6.45) is 1.35. The van der Waals surface area contributed by atoms with E-state index in [-0.39, 0.29) is 25.2 Å². The molecule has 2 saturated heterocycles. The number of methoxy groups -OCH3 is 1. The van der Waals surface area contributed by atoms with Crippen LogP contribution in [0.15, 0.2) is 35.5 Å². The second kappa shape index (κ2) is 8.65. The van der Waals surface area contributed by atoms with Crippen molar-refractivity contribution in [2.45, 2.75) is 48.4 Å². The molecule has 2 atom stereocenters. The summed E-state index contributed by atoms with van der Waals surface area (Å²) in [6.45, 7) is 1.47. The molecule has 184 valence electrons. The molecule has 34 heavy (non-hydrogen) atoms. The van der Waals surface area contributed by atoms with Gasteiger partial charge in [0.05, 0.1) is 35.7 Å². The average molecular weight is 499 g/mol. The second-order valence-electron chi connectivity index (χ2n) is 8.90. The highest BCUT2D eigenvalue weighted by Crippen LogP contribution is 2.39. The molecule has 0 unspecified atom stereocenters. The van der Waals surface area contributed by atoms with Crippen LogP contribution in [0.1, 0.15) is 36.4 Å². The van der Waals surface area contributed by atoms with Gasteiger partial charge in [0, 0.05) is 44.6 Å². The topological polar surface area (TPSA) is 84.9 Å². The molecule has 1 aliphatic carbocycles. The van der Waals surface area contributed by atoms with E-state index in [1.54, 1.807) is 12.4 Å². The molecule has 5 rings (SSSR count). The summed E-state index contributed by atoms with van der Waals surface area (Å²) in [5.74, 6) is 0.532. The van der Waals surface area contributed by atoms with Crippen LogP contribution in [-0.4, -0.2) is 73.0 Å². The number of benzene rings is 1. The number of sulfonamides is 1. The van der Waals surface area contributed by atoms with Crippen LogP contribution in [0, 0.1) is 0 Å². The van der Waals surface area contributed by atoms with Gasteiger partial charge in [0.25, 0.3) is 0 Å². The summed E-state index contributed by atoms with van der Waals surface area (Å²) in [4.78, 5) is 10.5. The first-order chi connectivity index (χ1) is 16.1. The maximum atomic E-state index is 13.4. The normalized spacial score (nSPS) is 24.1. The Morgan fingerprint density at radius 1 is 1.09 bits per heavy atom. The third-order valence-corrected chi connectivity index (χ3v) is 8.45. The monoisotopic (exact) mass is 498 g/mol. The van der Waals surface area contributed by atoms with E-state index >= 15 is 0 Å². The average Bonchev–Trinajstić information content (AvgIpc) is 3.58. The van der Waals surface area contributed by atoms with Crippen LogP contribution in [0.4, 0.5) is 13.2 Å². The van der Waals surface area contributed by atoms with Crippen LogP contribution >= 0.6 is 0 Å². The number of nitrogens with zero attached hydrogens (tertiary/aromatic N) is 4. The van der Waals surface area contributed by atoms with Crippen molar-refractivity contribution >= 4 is 10.0 Å². The highest BCUT2D eigenvalue weighted by molar-refractivity contribution is 7.89. The van der Waals surface area contributed by atoms with Gasteiger partial charge in [-0.15, -0.1) is 0 Å². The number of fused-ring (bicyclic) bond motifs is 1. The highest BCUT2D eigenvalue weighted by atomic mass is 32.2. The van der Waals surface area contributed by atoms with Gasteiger partial charge >= 0.3 is 6.18 Å². The van der Waals surface area contributed by atoms with Gasteiger partial charge < -0.3 is 9.47 Å².